The maximum atomic E-state index is 13.8. The topological polar surface area (TPSA) is 57.2 Å². The molecule has 8 nitrogen and oxygen atoms in total. The summed E-state index contributed by atoms with van der Waals surface area (Å²) in [5, 5.41) is 1.09. The van der Waals surface area contributed by atoms with Gasteiger partial charge in [0.1, 0.15) is 24.7 Å². The van der Waals surface area contributed by atoms with Crippen LogP contribution in [0.3, 0.4) is 0 Å². The number of rotatable bonds is 20. The van der Waals surface area contributed by atoms with E-state index >= 15 is 0 Å². The van der Waals surface area contributed by atoms with Crippen LogP contribution in [0.25, 0.3) is 0 Å². The van der Waals surface area contributed by atoms with Crippen molar-refractivity contribution in [2.24, 2.45) is 11.8 Å². The number of benzene rings is 4. The number of alkyl halides is 6. The summed E-state index contributed by atoms with van der Waals surface area (Å²) < 4.78 is 94.1. The number of likely N-dealkylation sites (tertiary alicyclic amines) is 2. The van der Waals surface area contributed by atoms with Crippen LogP contribution in [0.5, 0.6) is 11.5 Å². The van der Waals surface area contributed by atoms with Gasteiger partial charge in [-0.3, -0.25) is 29.6 Å². The Bertz CT molecular complexity index is 2260. The molecule has 2 aromatic heterocycles. The molecule has 0 bridgehead atoms. The number of nitrogens with zero attached hydrogens (tertiary/aromatic N) is 6. The predicted octanol–water partition coefficient (Wildman–Crippen LogP) is 13.0. The second kappa shape index (κ2) is 27.2. The van der Waals surface area contributed by atoms with Crippen LogP contribution in [0.1, 0.15) is 60.3 Å². The van der Waals surface area contributed by atoms with Gasteiger partial charge >= 0.3 is 12.4 Å². The van der Waals surface area contributed by atoms with Gasteiger partial charge in [-0.15, -0.1) is 0 Å². The zero-order valence-electron chi connectivity index (χ0n) is 40.2. The highest BCUT2D eigenvalue weighted by Crippen LogP contribution is 2.36. The highest BCUT2D eigenvalue weighted by molar-refractivity contribution is 6.30. The van der Waals surface area contributed by atoms with E-state index in [1.165, 1.54) is 9.80 Å². The fourth-order valence-corrected chi connectivity index (χ4v) is 9.81. The van der Waals surface area contributed by atoms with Crippen LogP contribution in [0.2, 0.25) is 10.0 Å². The molecule has 0 aliphatic carbocycles. The van der Waals surface area contributed by atoms with Gasteiger partial charge in [-0.25, -0.2) is 0 Å². The second-order valence-corrected chi connectivity index (χ2v) is 19.3. The normalized spacial score (nSPS) is 16.2. The minimum absolute atomic E-state index is 0.164. The average molecular weight is 1040 g/mol. The van der Waals surface area contributed by atoms with E-state index in [9.17, 15) is 26.3 Å². The van der Waals surface area contributed by atoms with Crippen molar-refractivity contribution < 1.29 is 35.8 Å². The predicted molar refractivity (Wildman–Crippen MR) is 273 cm³/mol. The third-order valence-corrected chi connectivity index (χ3v) is 13.5. The van der Waals surface area contributed by atoms with E-state index in [1.54, 1.807) is 85.2 Å². The Balaban J connectivity index is 0.000000211. The SMILES string of the molecule is FC(F)(F)CN(CC1CCN(CCOc2ccccc2)CC1)C(c1ccc(Cl)cc1)c1ccccn1.FC(F)(F)CN(CC1CCN(CCOc2ccccc2)CC1)C(c1ccc(Cl)cc1)c1ccccn1. The Morgan fingerprint density at radius 2 is 0.833 bits per heavy atom. The van der Waals surface area contributed by atoms with Crippen molar-refractivity contribution in [3.8, 4) is 11.5 Å². The largest absolute Gasteiger partial charge is 0.492 e. The molecule has 72 heavy (non-hydrogen) atoms. The number of piperidine rings is 2. The number of hydrogen-bond donors (Lipinski definition) is 0. The van der Waals surface area contributed by atoms with E-state index < -0.39 is 37.5 Å². The summed E-state index contributed by atoms with van der Waals surface area (Å²) in [4.78, 5) is 16.6. The number of halogens is 8. The molecule has 2 aliphatic heterocycles. The monoisotopic (exact) mass is 1030 g/mol. The van der Waals surface area contributed by atoms with Crippen LogP contribution < -0.4 is 9.47 Å². The van der Waals surface area contributed by atoms with Crippen LogP contribution in [-0.4, -0.2) is 121 Å². The molecule has 4 heterocycles. The molecule has 0 saturated carbocycles. The van der Waals surface area contributed by atoms with Crippen molar-refractivity contribution in [2.45, 2.75) is 50.1 Å². The molecular weight excluding hydrogens is 974 g/mol. The van der Waals surface area contributed by atoms with Gasteiger partial charge in [0.15, 0.2) is 0 Å². The number of hydrogen-bond acceptors (Lipinski definition) is 8. The van der Waals surface area contributed by atoms with E-state index in [0.717, 1.165) is 87.6 Å². The molecular formula is C56H62Cl2F6N6O2. The molecule has 2 aliphatic rings. The van der Waals surface area contributed by atoms with E-state index in [4.69, 9.17) is 32.7 Å². The molecule has 0 radical (unpaired) electrons. The molecule has 2 fully saturated rings. The van der Waals surface area contributed by atoms with Gasteiger partial charge in [-0.1, -0.05) is 96.0 Å². The standard InChI is InChI=1S/2C28H31ClF3N3O/c2*29-24-11-9-23(10-12-24)27(26-8-4-5-15-33-26)35(21-28(30,31)32)20-22-13-16-34(17-14-22)18-19-36-25-6-2-1-3-7-25/h2*1-12,15,22,27H,13-14,16-21H2. The molecule has 4 aromatic carbocycles. The molecule has 16 heteroatoms. The molecule has 0 amide bonds. The summed E-state index contributed by atoms with van der Waals surface area (Å²) in [7, 11) is 0. The molecule has 2 unspecified atom stereocenters. The maximum absolute atomic E-state index is 13.8. The molecule has 2 saturated heterocycles. The molecule has 2 atom stereocenters. The first-order valence-electron chi connectivity index (χ1n) is 24.5. The number of aromatic nitrogens is 2. The minimum atomic E-state index is -4.32. The Kier molecular flexibility index (Phi) is 20.6. The first-order valence-corrected chi connectivity index (χ1v) is 25.2. The number of ether oxygens (including phenoxy) is 2. The Morgan fingerprint density at radius 1 is 0.486 bits per heavy atom. The van der Waals surface area contributed by atoms with Crippen molar-refractivity contribution in [2.75, 3.05) is 78.7 Å². The lowest BCUT2D eigenvalue weighted by molar-refractivity contribution is -0.152. The van der Waals surface area contributed by atoms with Gasteiger partial charge in [0.05, 0.1) is 36.6 Å². The van der Waals surface area contributed by atoms with Crippen LogP contribution >= 0.6 is 23.2 Å². The van der Waals surface area contributed by atoms with Crippen LogP contribution in [0.4, 0.5) is 26.3 Å². The van der Waals surface area contributed by atoms with Crippen LogP contribution in [0, 0.1) is 11.8 Å². The van der Waals surface area contributed by atoms with Crippen molar-refractivity contribution in [1.82, 2.24) is 29.6 Å². The fraction of sp³-hybridized carbons (Fsp3) is 0.393. The molecule has 6 aromatic rings. The Morgan fingerprint density at radius 3 is 1.15 bits per heavy atom. The van der Waals surface area contributed by atoms with Gasteiger partial charge in [0, 0.05) is 48.6 Å². The minimum Gasteiger partial charge on any atom is -0.492 e. The van der Waals surface area contributed by atoms with Gasteiger partial charge in [-0.2, -0.15) is 26.3 Å². The number of pyridine rings is 2. The summed E-state index contributed by atoms with van der Waals surface area (Å²) in [5.41, 5.74) is 2.69. The van der Waals surface area contributed by atoms with Gasteiger partial charge in [-0.05, 0) is 148 Å². The summed E-state index contributed by atoms with van der Waals surface area (Å²) in [6, 6.07) is 42.9. The van der Waals surface area contributed by atoms with Crippen molar-refractivity contribution >= 4 is 23.2 Å². The Hall–Kier alpha value is -5.22. The van der Waals surface area contributed by atoms with Gasteiger partial charge in [0.2, 0.25) is 0 Å². The molecule has 384 valence electrons. The van der Waals surface area contributed by atoms with Crippen LogP contribution in [-0.2, 0) is 0 Å². The van der Waals surface area contributed by atoms with Crippen LogP contribution in [0.15, 0.2) is 158 Å². The zero-order chi connectivity index (χ0) is 50.8. The third kappa shape index (κ3) is 18.1. The highest BCUT2D eigenvalue weighted by atomic mass is 35.5. The second-order valence-electron chi connectivity index (χ2n) is 18.4. The molecule has 0 N–H and O–H groups in total. The highest BCUT2D eigenvalue weighted by Gasteiger charge is 2.39. The first kappa shape index (κ1) is 54.6. The first-order chi connectivity index (χ1) is 34.7. The van der Waals surface area contributed by atoms with E-state index in [-0.39, 0.29) is 11.8 Å². The molecule has 8 rings (SSSR count). The summed E-state index contributed by atoms with van der Waals surface area (Å²) in [6.07, 6.45) is -2.03. The number of para-hydroxylation sites is 2. The van der Waals surface area contributed by atoms with E-state index in [1.807, 2.05) is 72.8 Å². The van der Waals surface area contributed by atoms with Crippen molar-refractivity contribution in [3.05, 3.63) is 191 Å². The summed E-state index contributed by atoms with van der Waals surface area (Å²) >= 11 is 12.1. The summed E-state index contributed by atoms with van der Waals surface area (Å²) in [6.45, 7) is 4.86. The average Bonchev–Trinajstić information content (AvgIpc) is 3.37. The Labute approximate surface area is 429 Å². The van der Waals surface area contributed by atoms with Crippen molar-refractivity contribution in [1.29, 1.82) is 0 Å². The van der Waals surface area contributed by atoms with Gasteiger partial charge in [0.25, 0.3) is 0 Å². The van der Waals surface area contributed by atoms with E-state index in [0.29, 0.717) is 47.7 Å². The maximum Gasteiger partial charge on any atom is 0.401 e. The quantitative estimate of drug-likeness (QED) is 0.0701. The molecule has 0 spiro atoms. The fourth-order valence-electron chi connectivity index (χ4n) is 9.55. The van der Waals surface area contributed by atoms with Crippen molar-refractivity contribution in [3.63, 3.8) is 0 Å². The zero-order valence-corrected chi connectivity index (χ0v) is 41.7. The lowest BCUT2D eigenvalue weighted by Gasteiger charge is -2.38. The van der Waals surface area contributed by atoms with Gasteiger partial charge < -0.3 is 9.47 Å². The lowest BCUT2D eigenvalue weighted by Crippen LogP contribution is -2.44. The lowest BCUT2D eigenvalue weighted by atomic mass is 9.93. The van der Waals surface area contributed by atoms with E-state index in [2.05, 4.69) is 19.8 Å². The third-order valence-electron chi connectivity index (χ3n) is 13.0. The smallest absolute Gasteiger partial charge is 0.401 e. The summed E-state index contributed by atoms with van der Waals surface area (Å²) in [5.74, 6) is 2.02.